The number of thiocarbonyl (C=S) groups is 1. The van der Waals surface area contributed by atoms with E-state index in [-0.39, 0.29) is 11.0 Å². The van der Waals surface area contributed by atoms with Crippen molar-refractivity contribution in [2.24, 2.45) is 5.73 Å². The largest absolute Gasteiger partial charge is 0.389 e. The Kier molecular flexibility index (Phi) is 4.05. The molecule has 0 spiro atoms. The summed E-state index contributed by atoms with van der Waals surface area (Å²) in [5.41, 5.74) is 5.51. The smallest absolute Gasteiger partial charge is 0.252 e. The molecular formula is C11H16N2O2S3. The molecule has 0 bridgehead atoms. The molecule has 1 aromatic rings. The van der Waals surface area contributed by atoms with Gasteiger partial charge in [-0.1, -0.05) is 19.1 Å². The summed E-state index contributed by atoms with van der Waals surface area (Å²) < 4.78 is 26.9. The van der Waals surface area contributed by atoms with Gasteiger partial charge in [0.1, 0.15) is 9.20 Å². The summed E-state index contributed by atoms with van der Waals surface area (Å²) in [6.45, 7) is 2.63. The third-order valence-electron chi connectivity index (χ3n) is 3.18. The molecule has 1 unspecified atom stereocenters. The second-order valence-electron chi connectivity index (χ2n) is 4.30. The molecule has 1 aromatic heterocycles. The molecule has 7 heteroatoms. The summed E-state index contributed by atoms with van der Waals surface area (Å²) in [7, 11) is -3.38. The van der Waals surface area contributed by atoms with Crippen LogP contribution in [0.15, 0.2) is 16.3 Å². The predicted octanol–water partition coefficient (Wildman–Crippen LogP) is 1.95. The zero-order chi connectivity index (χ0) is 13.3. The predicted molar refractivity (Wildman–Crippen MR) is 77.4 cm³/mol. The van der Waals surface area contributed by atoms with Gasteiger partial charge in [-0.05, 0) is 31.4 Å². The second-order valence-corrected chi connectivity index (χ2v) is 7.94. The van der Waals surface area contributed by atoms with E-state index in [9.17, 15) is 8.42 Å². The van der Waals surface area contributed by atoms with Crippen molar-refractivity contribution in [3.05, 3.63) is 17.0 Å². The molecule has 0 radical (unpaired) electrons. The molecule has 2 rings (SSSR count). The fourth-order valence-corrected chi connectivity index (χ4v) is 5.49. The molecule has 1 aliphatic heterocycles. The molecule has 2 heterocycles. The number of rotatable bonds is 4. The first-order valence-corrected chi connectivity index (χ1v) is 8.54. The van der Waals surface area contributed by atoms with E-state index in [1.807, 2.05) is 6.92 Å². The van der Waals surface area contributed by atoms with Crippen LogP contribution in [0.4, 0.5) is 0 Å². The van der Waals surface area contributed by atoms with Crippen LogP contribution in [-0.2, 0) is 10.0 Å². The molecule has 1 aliphatic rings. The van der Waals surface area contributed by atoms with Gasteiger partial charge in [-0.15, -0.1) is 11.3 Å². The van der Waals surface area contributed by atoms with Gasteiger partial charge in [-0.3, -0.25) is 0 Å². The lowest BCUT2D eigenvalue weighted by Crippen LogP contribution is -2.34. The molecule has 1 atom stereocenters. The van der Waals surface area contributed by atoms with Crippen LogP contribution in [0.2, 0.25) is 0 Å². The number of thiophene rings is 1. The van der Waals surface area contributed by atoms with E-state index in [0.29, 0.717) is 15.6 Å². The summed E-state index contributed by atoms with van der Waals surface area (Å²) in [5.74, 6) is 0. The maximum absolute atomic E-state index is 12.5. The van der Waals surface area contributed by atoms with Crippen LogP contribution in [0.25, 0.3) is 0 Å². The minimum Gasteiger partial charge on any atom is -0.389 e. The van der Waals surface area contributed by atoms with Crippen LogP contribution in [0.5, 0.6) is 0 Å². The van der Waals surface area contributed by atoms with Gasteiger partial charge in [-0.2, -0.15) is 4.31 Å². The molecule has 18 heavy (non-hydrogen) atoms. The third kappa shape index (κ3) is 2.45. The van der Waals surface area contributed by atoms with Crippen molar-refractivity contribution in [3.63, 3.8) is 0 Å². The Bertz CT molecular complexity index is 550. The third-order valence-corrected chi connectivity index (χ3v) is 7.07. The van der Waals surface area contributed by atoms with Gasteiger partial charge in [0.05, 0.1) is 4.88 Å². The second kappa shape index (κ2) is 5.24. The van der Waals surface area contributed by atoms with Crippen LogP contribution in [0.1, 0.15) is 31.1 Å². The first-order chi connectivity index (χ1) is 8.46. The Labute approximate surface area is 117 Å². The Hall–Kier alpha value is -0.500. The highest BCUT2D eigenvalue weighted by atomic mass is 32.2. The van der Waals surface area contributed by atoms with Gasteiger partial charge in [0.25, 0.3) is 10.0 Å². The monoisotopic (exact) mass is 304 g/mol. The molecule has 1 saturated heterocycles. The standard InChI is InChI=1S/C11H16N2O2S3/c1-2-8-4-3-7-13(8)18(14,15)10-6-5-9(17-10)11(12)16/h5-6,8H,2-4,7H2,1H3,(H2,12,16). The van der Waals surface area contributed by atoms with Crippen molar-refractivity contribution >= 4 is 38.6 Å². The van der Waals surface area contributed by atoms with Crippen LogP contribution in [0.3, 0.4) is 0 Å². The van der Waals surface area contributed by atoms with Crippen molar-refractivity contribution < 1.29 is 8.42 Å². The zero-order valence-electron chi connectivity index (χ0n) is 10.1. The maximum atomic E-state index is 12.5. The molecule has 0 aliphatic carbocycles. The van der Waals surface area contributed by atoms with Gasteiger partial charge >= 0.3 is 0 Å². The fraction of sp³-hybridized carbons (Fsp3) is 0.545. The Morgan fingerprint density at radius 2 is 2.33 bits per heavy atom. The van der Waals surface area contributed by atoms with Gasteiger partial charge < -0.3 is 5.73 Å². The average Bonchev–Trinajstić information content (AvgIpc) is 2.98. The normalized spacial score (nSPS) is 21.3. The fourth-order valence-electron chi connectivity index (χ4n) is 2.24. The Morgan fingerprint density at radius 3 is 2.89 bits per heavy atom. The van der Waals surface area contributed by atoms with E-state index in [2.05, 4.69) is 0 Å². The van der Waals surface area contributed by atoms with Crippen molar-refractivity contribution in [2.45, 2.75) is 36.4 Å². The topological polar surface area (TPSA) is 63.4 Å². The van der Waals surface area contributed by atoms with Crippen molar-refractivity contribution in [1.82, 2.24) is 4.31 Å². The van der Waals surface area contributed by atoms with Crippen LogP contribution in [0, 0.1) is 0 Å². The molecular weight excluding hydrogens is 288 g/mol. The van der Waals surface area contributed by atoms with E-state index in [4.69, 9.17) is 18.0 Å². The Balaban J connectivity index is 2.32. The van der Waals surface area contributed by atoms with Crippen molar-refractivity contribution in [3.8, 4) is 0 Å². The van der Waals surface area contributed by atoms with E-state index >= 15 is 0 Å². The summed E-state index contributed by atoms with van der Waals surface area (Å²) in [6, 6.07) is 3.40. The average molecular weight is 304 g/mol. The van der Waals surface area contributed by atoms with Gasteiger partial charge in [0.15, 0.2) is 0 Å². The highest BCUT2D eigenvalue weighted by molar-refractivity contribution is 7.91. The number of hydrogen-bond donors (Lipinski definition) is 1. The van der Waals surface area contributed by atoms with E-state index in [1.54, 1.807) is 16.4 Å². The van der Waals surface area contributed by atoms with Crippen molar-refractivity contribution in [1.29, 1.82) is 0 Å². The molecule has 1 fully saturated rings. The van der Waals surface area contributed by atoms with E-state index in [1.165, 1.54) is 0 Å². The maximum Gasteiger partial charge on any atom is 0.252 e. The summed E-state index contributed by atoms with van der Waals surface area (Å²) in [6.07, 6.45) is 2.74. The van der Waals surface area contributed by atoms with E-state index in [0.717, 1.165) is 30.6 Å². The summed E-state index contributed by atoms with van der Waals surface area (Å²) >= 11 is 6.01. The van der Waals surface area contributed by atoms with Crippen LogP contribution >= 0.6 is 23.6 Å². The first kappa shape index (κ1) is 13.9. The van der Waals surface area contributed by atoms with Crippen LogP contribution in [-0.4, -0.2) is 30.3 Å². The van der Waals surface area contributed by atoms with Gasteiger partial charge in [0.2, 0.25) is 0 Å². The number of sulfonamides is 1. The van der Waals surface area contributed by atoms with Gasteiger partial charge in [-0.25, -0.2) is 8.42 Å². The minimum atomic E-state index is -3.38. The molecule has 0 saturated carbocycles. The first-order valence-electron chi connectivity index (χ1n) is 5.88. The quantitative estimate of drug-likeness (QED) is 0.864. The van der Waals surface area contributed by atoms with E-state index < -0.39 is 10.0 Å². The Morgan fingerprint density at radius 1 is 1.61 bits per heavy atom. The van der Waals surface area contributed by atoms with Gasteiger partial charge in [0, 0.05) is 12.6 Å². The van der Waals surface area contributed by atoms with Crippen LogP contribution < -0.4 is 5.73 Å². The minimum absolute atomic E-state index is 0.130. The summed E-state index contributed by atoms with van der Waals surface area (Å²) in [4.78, 5) is 0.894. The molecule has 2 N–H and O–H groups in total. The number of hydrogen-bond acceptors (Lipinski definition) is 4. The highest BCUT2D eigenvalue weighted by Gasteiger charge is 2.35. The lowest BCUT2D eigenvalue weighted by atomic mass is 10.2. The molecule has 0 aromatic carbocycles. The lowest BCUT2D eigenvalue weighted by molar-refractivity contribution is 0.380. The SMILES string of the molecule is CCC1CCCN1S(=O)(=O)c1ccc(C(N)=S)s1. The number of nitrogens with two attached hydrogens (primary N) is 1. The summed E-state index contributed by atoms with van der Waals surface area (Å²) in [5, 5.41) is 0. The zero-order valence-corrected chi connectivity index (χ0v) is 12.6. The molecule has 0 amide bonds. The van der Waals surface area contributed by atoms with Crippen molar-refractivity contribution in [2.75, 3.05) is 6.54 Å². The molecule has 4 nitrogen and oxygen atoms in total. The highest BCUT2D eigenvalue weighted by Crippen LogP contribution is 2.31. The molecule has 100 valence electrons. The lowest BCUT2D eigenvalue weighted by Gasteiger charge is -2.21. The number of nitrogens with zero attached hydrogens (tertiary/aromatic N) is 1.